The molecule has 1 saturated heterocycles. The summed E-state index contributed by atoms with van der Waals surface area (Å²) < 4.78 is 0. The molecule has 0 spiro atoms. The summed E-state index contributed by atoms with van der Waals surface area (Å²) in [4.78, 5) is 63.0. The van der Waals surface area contributed by atoms with E-state index in [1.807, 2.05) is 13.8 Å². The highest BCUT2D eigenvalue weighted by atomic mass is 16.4. The highest BCUT2D eigenvalue weighted by Crippen LogP contribution is 2.19. The topological polar surface area (TPSA) is 179 Å². The first kappa shape index (κ1) is 27.8. The molecule has 11 heteroatoms. The Labute approximate surface area is 204 Å². The molecule has 35 heavy (non-hydrogen) atoms. The molecule has 0 saturated carbocycles. The van der Waals surface area contributed by atoms with Gasteiger partial charge in [-0.15, -0.1) is 0 Å². The first-order chi connectivity index (χ1) is 16.5. The molecule has 0 radical (unpaired) electrons. The highest BCUT2D eigenvalue weighted by molar-refractivity contribution is 5.96. The third kappa shape index (κ3) is 7.78. The number of carbonyl (C=O) groups is 5. The fraction of sp³-hybridized carbons (Fsp3) is 0.542. The van der Waals surface area contributed by atoms with Crippen molar-refractivity contribution in [3.05, 3.63) is 35.9 Å². The van der Waals surface area contributed by atoms with Crippen molar-refractivity contribution in [3.8, 4) is 0 Å². The minimum absolute atomic E-state index is 0.0844. The molecule has 0 bridgehead atoms. The van der Waals surface area contributed by atoms with Crippen molar-refractivity contribution in [1.29, 1.82) is 0 Å². The summed E-state index contributed by atoms with van der Waals surface area (Å²) >= 11 is 0. The smallest absolute Gasteiger partial charge is 0.326 e. The molecule has 0 aliphatic carbocycles. The molecule has 1 aromatic rings. The van der Waals surface area contributed by atoms with Gasteiger partial charge in [0.05, 0.1) is 12.5 Å². The number of aliphatic carboxylic acids is 2. The van der Waals surface area contributed by atoms with Gasteiger partial charge in [-0.2, -0.15) is 0 Å². The standard InChI is InChI=1S/C24H34N4O7/c1-3-14(2)20(25)22(32)26-16(12-15-8-5-4-6-9-15)21(31)27-17(13-19(29)30)23(33)28-11-7-10-18(28)24(34)35/h4-6,8-9,14,16-18,20H,3,7,10-13,25H2,1-2H3,(H,26,32)(H,27,31)(H,29,30)(H,34,35). The molecule has 5 atom stereocenters. The van der Waals surface area contributed by atoms with Gasteiger partial charge in [0.15, 0.2) is 0 Å². The summed E-state index contributed by atoms with van der Waals surface area (Å²) in [7, 11) is 0. The van der Waals surface area contributed by atoms with Crippen LogP contribution in [0.2, 0.25) is 0 Å². The number of nitrogens with one attached hydrogen (secondary N) is 2. The van der Waals surface area contributed by atoms with Crippen LogP contribution in [0.5, 0.6) is 0 Å². The Morgan fingerprint density at radius 1 is 1.06 bits per heavy atom. The fourth-order valence-electron chi connectivity index (χ4n) is 3.97. The second-order valence-electron chi connectivity index (χ2n) is 8.85. The van der Waals surface area contributed by atoms with E-state index in [0.717, 1.165) is 10.5 Å². The van der Waals surface area contributed by atoms with Gasteiger partial charge in [0, 0.05) is 13.0 Å². The zero-order valence-electron chi connectivity index (χ0n) is 20.0. The molecule has 2 rings (SSSR count). The van der Waals surface area contributed by atoms with Gasteiger partial charge < -0.3 is 31.5 Å². The van der Waals surface area contributed by atoms with E-state index in [-0.39, 0.29) is 25.3 Å². The number of benzene rings is 1. The van der Waals surface area contributed by atoms with Crippen LogP contribution >= 0.6 is 0 Å². The van der Waals surface area contributed by atoms with E-state index in [4.69, 9.17) is 5.73 Å². The maximum atomic E-state index is 13.2. The number of nitrogens with zero attached hydrogens (tertiary/aromatic N) is 1. The zero-order chi connectivity index (χ0) is 26.1. The van der Waals surface area contributed by atoms with E-state index < -0.39 is 60.2 Å². The van der Waals surface area contributed by atoms with Gasteiger partial charge in [-0.05, 0) is 24.3 Å². The minimum atomic E-state index is -1.49. The van der Waals surface area contributed by atoms with Gasteiger partial charge in [0.2, 0.25) is 17.7 Å². The number of carboxylic acids is 2. The zero-order valence-corrected chi connectivity index (χ0v) is 20.0. The number of rotatable bonds is 12. The summed E-state index contributed by atoms with van der Waals surface area (Å²) in [6.45, 7) is 3.85. The van der Waals surface area contributed by atoms with E-state index in [2.05, 4.69) is 10.6 Å². The normalized spacial score (nSPS) is 18.7. The number of carboxylic acid groups (broad SMARTS) is 2. The molecule has 5 unspecified atom stereocenters. The summed E-state index contributed by atoms with van der Waals surface area (Å²) in [5, 5.41) is 23.8. The third-order valence-corrected chi connectivity index (χ3v) is 6.29. The maximum absolute atomic E-state index is 13.2. The highest BCUT2D eigenvalue weighted by Gasteiger charge is 2.39. The molecular weight excluding hydrogens is 456 g/mol. The van der Waals surface area contributed by atoms with E-state index >= 15 is 0 Å². The molecule has 1 fully saturated rings. The number of likely N-dealkylation sites (tertiary alicyclic amines) is 1. The monoisotopic (exact) mass is 490 g/mol. The van der Waals surface area contributed by atoms with Crippen molar-refractivity contribution in [2.45, 2.75) is 70.1 Å². The molecule has 6 N–H and O–H groups in total. The lowest BCUT2D eigenvalue weighted by Gasteiger charge is -2.28. The Bertz CT molecular complexity index is 924. The molecule has 3 amide bonds. The van der Waals surface area contributed by atoms with Crippen LogP contribution in [0.3, 0.4) is 0 Å². The van der Waals surface area contributed by atoms with Crippen LogP contribution in [-0.4, -0.2) is 75.5 Å². The van der Waals surface area contributed by atoms with Crippen molar-refractivity contribution in [1.82, 2.24) is 15.5 Å². The molecule has 1 aliphatic rings. The molecule has 192 valence electrons. The molecule has 1 heterocycles. The number of hydrogen-bond donors (Lipinski definition) is 5. The second kappa shape index (κ2) is 12.8. The van der Waals surface area contributed by atoms with Crippen molar-refractivity contribution < 1.29 is 34.2 Å². The van der Waals surface area contributed by atoms with E-state index in [0.29, 0.717) is 12.8 Å². The van der Waals surface area contributed by atoms with Gasteiger partial charge in [-0.25, -0.2) is 4.79 Å². The van der Waals surface area contributed by atoms with Crippen LogP contribution in [0, 0.1) is 5.92 Å². The predicted molar refractivity (Wildman–Crippen MR) is 126 cm³/mol. The van der Waals surface area contributed by atoms with Crippen LogP contribution in [0.15, 0.2) is 30.3 Å². The third-order valence-electron chi connectivity index (χ3n) is 6.29. The molecular formula is C24H34N4O7. The lowest BCUT2D eigenvalue weighted by molar-refractivity contribution is -0.150. The minimum Gasteiger partial charge on any atom is -0.481 e. The van der Waals surface area contributed by atoms with E-state index in [1.54, 1.807) is 30.3 Å². The van der Waals surface area contributed by atoms with E-state index in [1.165, 1.54) is 0 Å². The number of nitrogens with two attached hydrogens (primary N) is 1. The lowest BCUT2D eigenvalue weighted by Crippen LogP contribution is -2.58. The first-order valence-electron chi connectivity index (χ1n) is 11.7. The van der Waals surface area contributed by atoms with Crippen LogP contribution in [0.25, 0.3) is 0 Å². The molecule has 1 aromatic carbocycles. The Kier molecular flexibility index (Phi) is 10.2. The van der Waals surface area contributed by atoms with Crippen molar-refractivity contribution in [2.75, 3.05) is 6.54 Å². The molecule has 0 aromatic heterocycles. The second-order valence-corrected chi connectivity index (χ2v) is 8.85. The van der Waals surface area contributed by atoms with Crippen LogP contribution in [-0.2, 0) is 30.4 Å². The van der Waals surface area contributed by atoms with Crippen LogP contribution < -0.4 is 16.4 Å². The average molecular weight is 491 g/mol. The van der Waals surface area contributed by atoms with Crippen molar-refractivity contribution >= 4 is 29.7 Å². The van der Waals surface area contributed by atoms with Gasteiger partial charge in [-0.1, -0.05) is 50.6 Å². The average Bonchev–Trinajstić information content (AvgIpc) is 3.32. The fourth-order valence-corrected chi connectivity index (χ4v) is 3.97. The van der Waals surface area contributed by atoms with Crippen molar-refractivity contribution in [3.63, 3.8) is 0 Å². The van der Waals surface area contributed by atoms with E-state index in [9.17, 15) is 34.2 Å². The van der Waals surface area contributed by atoms with Gasteiger partial charge in [-0.3, -0.25) is 19.2 Å². The largest absolute Gasteiger partial charge is 0.481 e. The molecule has 1 aliphatic heterocycles. The Morgan fingerprint density at radius 3 is 2.26 bits per heavy atom. The Balaban J connectivity index is 2.25. The Morgan fingerprint density at radius 2 is 1.69 bits per heavy atom. The van der Waals surface area contributed by atoms with Crippen molar-refractivity contribution in [2.24, 2.45) is 11.7 Å². The van der Waals surface area contributed by atoms with Gasteiger partial charge >= 0.3 is 11.9 Å². The summed E-state index contributed by atoms with van der Waals surface area (Å²) in [5.41, 5.74) is 6.75. The van der Waals surface area contributed by atoms with Gasteiger partial charge in [0.25, 0.3) is 0 Å². The number of hydrogen-bond acceptors (Lipinski definition) is 6. The van der Waals surface area contributed by atoms with Crippen LogP contribution in [0.4, 0.5) is 0 Å². The summed E-state index contributed by atoms with van der Waals surface area (Å²) in [5.74, 6) is -4.75. The summed E-state index contributed by atoms with van der Waals surface area (Å²) in [6, 6.07) is 4.32. The number of carbonyl (C=O) groups excluding carboxylic acids is 3. The maximum Gasteiger partial charge on any atom is 0.326 e. The SMILES string of the molecule is CCC(C)C(N)C(=O)NC(Cc1ccccc1)C(=O)NC(CC(=O)O)C(=O)N1CCCC1C(=O)O. The molecule has 11 nitrogen and oxygen atoms in total. The quantitative estimate of drug-likeness (QED) is 0.274. The Hall–Kier alpha value is -3.47. The lowest BCUT2D eigenvalue weighted by atomic mass is 9.98. The first-order valence-corrected chi connectivity index (χ1v) is 11.7. The van der Waals surface area contributed by atoms with Crippen LogP contribution in [0.1, 0.15) is 45.1 Å². The van der Waals surface area contributed by atoms with Gasteiger partial charge in [0.1, 0.15) is 18.1 Å². The predicted octanol–water partition coefficient (Wildman–Crippen LogP) is 0.122. The number of amides is 3. The summed E-state index contributed by atoms with van der Waals surface area (Å²) in [6.07, 6.45) is 0.707.